The van der Waals surface area contributed by atoms with Gasteiger partial charge in [0, 0.05) is 17.5 Å². The molecule has 1 aromatic rings. The highest BCUT2D eigenvalue weighted by Crippen LogP contribution is 2.26. The Bertz CT molecular complexity index is 343. The molecule has 0 fully saturated rings. The van der Waals surface area contributed by atoms with Crippen molar-refractivity contribution in [3.63, 3.8) is 0 Å². The van der Waals surface area contributed by atoms with Crippen LogP contribution in [-0.2, 0) is 4.84 Å². The zero-order valence-corrected chi connectivity index (χ0v) is 7.86. The Morgan fingerprint density at radius 2 is 1.67 bits per heavy atom. The summed E-state index contributed by atoms with van der Waals surface area (Å²) in [4.78, 5) is 4.17. The van der Waals surface area contributed by atoms with E-state index in [2.05, 4.69) is 4.84 Å². The molecule has 1 aromatic carbocycles. The smallest absolute Gasteiger partial charge is 0.165 e. The molecule has 0 aliphatic heterocycles. The van der Waals surface area contributed by atoms with E-state index in [4.69, 9.17) is 5.90 Å². The normalized spacial score (nSPS) is 12.9. The molecule has 2 nitrogen and oxygen atoms in total. The molecule has 1 atom stereocenters. The van der Waals surface area contributed by atoms with Crippen molar-refractivity contribution >= 4 is 0 Å². The van der Waals surface area contributed by atoms with Crippen LogP contribution in [0.15, 0.2) is 6.07 Å². The largest absolute Gasteiger partial charge is 0.304 e. The first-order chi connectivity index (χ1) is 6.99. The lowest BCUT2D eigenvalue weighted by atomic mass is 10.0. The molecular weight excluding hydrogens is 214 g/mol. The second-order valence-electron chi connectivity index (χ2n) is 3.12. The summed E-state index contributed by atoms with van der Waals surface area (Å²) >= 11 is 0. The van der Waals surface area contributed by atoms with Gasteiger partial charge in [0.05, 0.1) is 6.61 Å². The van der Waals surface area contributed by atoms with Gasteiger partial charge < -0.3 is 4.84 Å². The fourth-order valence-corrected chi connectivity index (χ4v) is 1.25. The van der Waals surface area contributed by atoms with Crippen LogP contribution in [0.3, 0.4) is 0 Å². The molecule has 0 saturated carbocycles. The third-order valence-electron chi connectivity index (χ3n) is 1.98. The number of halogens is 4. The van der Waals surface area contributed by atoms with E-state index < -0.39 is 34.8 Å². The maximum Gasteiger partial charge on any atom is 0.165 e. The molecular formula is C9H9F4NO. The zero-order valence-electron chi connectivity index (χ0n) is 7.86. The van der Waals surface area contributed by atoms with E-state index in [0.29, 0.717) is 0 Å². The Kier molecular flexibility index (Phi) is 3.65. The molecule has 0 aromatic heterocycles. The molecule has 6 heteroatoms. The number of hydrogen-bond acceptors (Lipinski definition) is 2. The van der Waals surface area contributed by atoms with Gasteiger partial charge in [0.15, 0.2) is 23.3 Å². The second kappa shape index (κ2) is 4.59. The minimum Gasteiger partial charge on any atom is -0.304 e. The molecule has 2 N–H and O–H groups in total. The lowest BCUT2D eigenvalue weighted by molar-refractivity contribution is 0.124. The molecule has 0 bridgehead atoms. The third-order valence-corrected chi connectivity index (χ3v) is 1.98. The molecule has 0 aliphatic rings. The van der Waals surface area contributed by atoms with Crippen molar-refractivity contribution in [3.8, 4) is 0 Å². The standard InChI is InChI=1S/C9H9F4NO/c1-4(3-15-14)7-8(12)5(10)2-6(11)9(7)13/h2,4H,3,14H2,1H3. The topological polar surface area (TPSA) is 35.2 Å². The maximum atomic E-state index is 13.1. The monoisotopic (exact) mass is 223 g/mol. The third kappa shape index (κ3) is 2.27. The molecule has 1 unspecified atom stereocenters. The summed E-state index contributed by atoms with van der Waals surface area (Å²) in [7, 11) is 0. The maximum absolute atomic E-state index is 13.1. The van der Waals surface area contributed by atoms with Crippen molar-refractivity contribution in [1.82, 2.24) is 0 Å². The van der Waals surface area contributed by atoms with Gasteiger partial charge in [0.1, 0.15) is 0 Å². The number of benzene rings is 1. The summed E-state index contributed by atoms with van der Waals surface area (Å²) in [6.45, 7) is 1.10. The van der Waals surface area contributed by atoms with Crippen molar-refractivity contribution in [2.45, 2.75) is 12.8 Å². The van der Waals surface area contributed by atoms with Crippen molar-refractivity contribution in [2.75, 3.05) is 6.61 Å². The van der Waals surface area contributed by atoms with Gasteiger partial charge in [-0.2, -0.15) is 0 Å². The molecule has 0 saturated heterocycles. The molecule has 0 aliphatic carbocycles. The summed E-state index contributed by atoms with van der Waals surface area (Å²) in [5, 5.41) is 0. The summed E-state index contributed by atoms with van der Waals surface area (Å²) < 4.78 is 51.8. The predicted molar refractivity (Wildman–Crippen MR) is 44.8 cm³/mol. The first kappa shape index (κ1) is 11.9. The van der Waals surface area contributed by atoms with Crippen LogP contribution in [0.4, 0.5) is 17.6 Å². The fraction of sp³-hybridized carbons (Fsp3) is 0.333. The number of rotatable bonds is 3. The predicted octanol–water partition coefficient (Wildman–Crippen LogP) is 2.24. The first-order valence-electron chi connectivity index (χ1n) is 4.13. The van der Waals surface area contributed by atoms with Crippen molar-refractivity contribution in [1.29, 1.82) is 0 Å². The lowest BCUT2D eigenvalue weighted by Crippen LogP contribution is -2.13. The Labute approximate surface area is 83.6 Å². The van der Waals surface area contributed by atoms with E-state index in [1.54, 1.807) is 0 Å². The molecule has 1 rings (SSSR count). The molecule has 15 heavy (non-hydrogen) atoms. The molecule has 0 radical (unpaired) electrons. The van der Waals surface area contributed by atoms with Crippen LogP contribution in [0.1, 0.15) is 18.4 Å². The molecule has 0 heterocycles. The highest BCUT2D eigenvalue weighted by Gasteiger charge is 2.23. The fourth-order valence-electron chi connectivity index (χ4n) is 1.25. The first-order valence-corrected chi connectivity index (χ1v) is 4.13. The van der Waals surface area contributed by atoms with Crippen LogP contribution in [0.5, 0.6) is 0 Å². The average Bonchev–Trinajstić information content (AvgIpc) is 2.16. The van der Waals surface area contributed by atoms with Gasteiger partial charge in [-0.05, 0) is 0 Å². The Morgan fingerprint density at radius 3 is 2.07 bits per heavy atom. The van der Waals surface area contributed by atoms with Crippen LogP contribution in [0.2, 0.25) is 0 Å². The van der Waals surface area contributed by atoms with Crippen LogP contribution in [-0.4, -0.2) is 6.61 Å². The minimum absolute atomic E-state index is 0.157. The summed E-state index contributed by atoms with van der Waals surface area (Å²) in [5.74, 6) is -1.87. The quantitative estimate of drug-likeness (QED) is 0.484. The van der Waals surface area contributed by atoms with E-state index in [9.17, 15) is 17.6 Å². The van der Waals surface area contributed by atoms with Crippen LogP contribution in [0.25, 0.3) is 0 Å². The number of nitrogens with two attached hydrogens (primary N) is 1. The van der Waals surface area contributed by atoms with E-state index in [-0.39, 0.29) is 12.7 Å². The Balaban J connectivity index is 3.26. The number of hydrogen-bond donors (Lipinski definition) is 1. The summed E-state index contributed by atoms with van der Waals surface area (Å²) in [6.07, 6.45) is 0. The highest BCUT2D eigenvalue weighted by molar-refractivity contribution is 5.25. The van der Waals surface area contributed by atoms with Gasteiger partial charge in [-0.15, -0.1) is 0 Å². The van der Waals surface area contributed by atoms with Gasteiger partial charge in [0.2, 0.25) is 0 Å². The van der Waals surface area contributed by atoms with Gasteiger partial charge in [-0.25, -0.2) is 23.5 Å². The lowest BCUT2D eigenvalue weighted by Gasteiger charge is -2.13. The molecule has 0 amide bonds. The zero-order chi connectivity index (χ0) is 11.6. The van der Waals surface area contributed by atoms with E-state index in [1.165, 1.54) is 6.92 Å². The van der Waals surface area contributed by atoms with Gasteiger partial charge in [-0.3, -0.25) is 0 Å². The van der Waals surface area contributed by atoms with Gasteiger partial charge >= 0.3 is 0 Å². The van der Waals surface area contributed by atoms with E-state index in [1.807, 2.05) is 0 Å². The van der Waals surface area contributed by atoms with E-state index in [0.717, 1.165) is 0 Å². The molecule has 84 valence electrons. The second-order valence-corrected chi connectivity index (χ2v) is 3.12. The minimum atomic E-state index is -1.44. The van der Waals surface area contributed by atoms with Crippen molar-refractivity contribution in [2.24, 2.45) is 5.90 Å². The van der Waals surface area contributed by atoms with Crippen LogP contribution in [0, 0.1) is 23.3 Å². The average molecular weight is 223 g/mol. The van der Waals surface area contributed by atoms with Crippen LogP contribution >= 0.6 is 0 Å². The van der Waals surface area contributed by atoms with Gasteiger partial charge in [-0.1, -0.05) is 6.92 Å². The van der Waals surface area contributed by atoms with Crippen molar-refractivity contribution in [3.05, 3.63) is 34.9 Å². The van der Waals surface area contributed by atoms with Crippen molar-refractivity contribution < 1.29 is 22.4 Å². The van der Waals surface area contributed by atoms with Crippen LogP contribution < -0.4 is 5.90 Å². The van der Waals surface area contributed by atoms with Gasteiger partial charge in [0.25, 0.3) is 0 Å². The van der Waals surface area contributed by atoms with E-state index >= 15 is 0 Å². The highest BCUT2D eigenvalue weighted by atomic mass is 19.2. The Morgan fingerprint density at radius 1 is 1.20 bits per heavy atom. The summed E-state index contributed by atoms with van der Waals surface area (Å²) in [6, 6.07) is 0.157. The Hall–Kier alpha value is -1.14. The SMILES string of the molecule is CC(CON)c1c(F)c(F)cc(F)c1F. The molecule has 0 spiro atoms. The summed E-state index contributed by atoms with van der Waals surface area (Å²) in [5.41, 5.74) is -0.696.